The topological polar surface area (TPSA) is 36.1 Å². The quantitative estimate of drug-likeness (QED) is 0.879. The van der Waals surface area contributed by atoms with Crippen molar-refractivity contribution in [2.45, 2.75) is 19.6 Å². The number of nitrogens with zero attached hydrogens (tertiary/aromatic N) is 1. The number of aromatic nitrogens is 1. The van der Waals surface area contributed by atoms with Gasteiger partial charge in [0.15, 0.2) is 0 Å². The monoisotopic (exact) mass is 306 g/mol. The van der Waals surface area contributed by atoms with Crippen molar-refractivity contribution in [3.8, 4) is 0 Å². The van der Waals surface area contributed by atoms with E-state index in [1.54, 1.807) is 11.8 Å². The van der Waals surface area contributed by atoms with Crippen LogP contribution in [-0.4, -0.2) is 27.3 Å². The summed E-state index contributed by atoms with van der Waals surface area (Å²) >= 11 is 6.99. The van der Waals surface area contributed by atoms with Gasteiger partial charge in [0.1, 0.15) is 4.32 Å². The van der Waals surface area contributed by atoms with Crippen LogP contribution in [0.5, 0.6) is 0 Å². The molecule has 20 heavy (non-hydrogen) atoms. The van der Waals surface area contributed by atoms with Crippen LogP contribution in [-0.2, 0) is 5.75 Å². The highest BCUT2D eigenvalue weighted by molar-refractivity contribution is 8.22. The number of thioether (sulfide) groups is 1. The predicted octanol–water partition coefficient (Wildman–Crippen LogP) is 3.39. The summed E-state index contributed by atoms with van der Waals surface area (Å²) in [5.74, 6) is 0.690. The zero-order chi connectivity index (χ0) is 14.5. The highest BCUT2D eigenvalue weighted by Gasteiger charge is 2.07. The first kappa shape index (κ1) is 15.1. The number of nitrogens with one attached hydrogen (secondary N) is 1. The normalized spacial score (nSPS) is 10.7. The minimum Gasteiger partial charge on any atom is -0.358 e. The molecule has 1 aromatic heterocycles. The van der Waals surface area contributed by atoms with Crippen LogP contribution in [0.4, 0.5) is 0 Å². The van der Waals surface area contributed by atoms with Gasteiger partial charge in [-0.25, -0.2) is 0 Å². The van der Waals surface area contributed by atoms with Crippen molar-refractivity contribution < 1.29 is 0 Å². The summed E-state index contributed by atoms with van der Waals surface area (Å²) in [6, 6.07) is 9.64. The van der Waals surface area contributed by atoms with Crippen LogP contribution < -0.4 is 5.56 Å². The van der Waals surface area contributed by atoms with Gasteiger partial charge in [0.05, 0.1) is 0 Å². The highest BCUT2D eigenvalue weighted by Crippen LogP contribution is 2.17. The summed E-state index contributed by atoms with van der Waals surface area (Å²) < 4.78 is 0.879. The number of pyridine rings is 1. The molecule has 0 aliphatic heterocycles. The summed E-state index contributed by atoms with van der Waals surface area (Å²) in [6.07, 6.45) is 0. The number of benzene rings is 1. The zero-order valence-electron chi connectivity index (χ0n) is 11.7. The molecule has 2 aromatic rings. The molecule has 0 aliphatic rings. The first-order chi connectivity index (χ1) is 9.65. The smallest absolute Gasteiger partial charge is 0.256 e. The molecule has 0 atom stereocenters. The van der Waals surface area contributed by atoms with E-state index in [-0.39, 0.29) is 5.56 Å². The van der Waals surface area contributed by atoms with Crippen molar-refractivity contribution in [3.63, 3.8) is 0 Å². The Morgan fingerprint density at radius 3 is 2.70 bits per heavy atom. The van der Waals surface area contributed by atoms with E-state index in [1.165, 1.54) is 0 Å². The van der Waals surface area contributed by atoms with E-state index in [0.717, 1.165) is 33.9 Å². The average Bonchev–Trinajstić information content (AvgIpc) is 2.46. The maximum Gasteiger partial charge on any atom is 0.256 e. The summed E-state index contributed by atoms with van der Waals surface area (Å²) in [5, 5.41) is 1.70. The Hall–Kier alpha value is -1.33. The van der Waals surface area contributed by atoms with Gasteiger partial charge in [-0.1, -0.05) is 42.2 Å². The Balaban J connectivity index is 2.15. The second-order valence-corrected chi connectivity index (χ2v) is 6.05. The minimum atomic E-state index is -0.0348. The molecule has 1 heterocycles. The van der Waals surface area contributed by atoms with Gasteiger partial charge in [-0.2, -0.15) is 0 Å². The van der Waals surface area contributed by atoms with E-state index in [9.17, 15) is 4.79 Å². The number of aromatic amines is 1. The van der Waals surface area contributed by atoms with Crippen molar-refractivity contribution >= 4 is 39.1 Å². The van der Waals surface area contributed by atoms with Crippen molar-refractivity contribution in [1.29, 1.82) is 0 Å². The van der Waals surface area contributed by atoms with Gasteiger partial charge in [0.2, 0.25) is 0 Å². The summed E-state index contributed by atoms with van der Waals surface area (Å²) in [6.45, 7) is 6.01. The maximum atomic E-state index is 12.0. The van der Waals surface area contributed by atoms with Crippen LogP contribution in [0.3, 0.4) is 0 Å². The lowest BCUT2D eigenvalue weighted by molar-refractivity contribution is 0.482. The van der Waals surface area contributed by atoms with Crippen LogP contribution in [0.1, 0.15) is 19.5 Å². The number of fused-ring (bicyclic) bond motifs is 1. The van der Waals surface area contributed by atoms with Gasteiger partial charge in [-0.3, -0.25) is 4.79 Å². The van der Waals surface area contributed by atoms with Gasteiger partial charge in [-0.15, -0.1) is 0 Å². The molecule has 0 amide bonds. The minimum absolute atomic E-state index is 0.0348. The van der Waals surface area contributed by atoms with E-state index in [4.69, 9.17) is 12.2 Å². The molecular weight excluding hydrogens is 288 g/mol. The van der Waals surface area contributed by atoms with Gasteiger partial charge in [-0.05, 0) is 31.4 Å². The lowest BCUT2D eigenvalue weighted by atomic mass is 10.1. The molecule has 0 radical (unpaired) electrons. The second kappa shape index (κ2) is 6.90. The van der Waals surface area contributed by atoms with E-state index >= 15 is 0 Å². The van der Waals surface area contributed by atoms with Gasteiger partial charge in [0, 0.05) is 29.9 Å². The molecule has 0 saturated carbocycles. The molecule has 2 rings (SSSR count). The van der Waals surface area contributed by atoms with Gasteiger partial charge < -0.3 is 9.88 Å². The molecule has 1 N–H and O–H groups in total. The van der Waals surface area contributed by atoms with E-state index in [0.29, 0.717) is 5.75 Å². The van der Waals surface area contributed by atoms with Crippen molar-refractivity contribution in [3.05, 3.63) is 46.4 Å². The number of rotatable bonds is 4. The molecular formula is C15H18N2OS2. The van der Waals surface area contributed by atoms with Crippen LogP contribution in [0.25, 0.3) is 10.8 Å². The van der Waals surface area contributed by atoms with Crippen LogP contribution >= 0.6 is 24.0 Å². The number of hydrogen-bond donors (Lipinski definition) is 1. The Morgan fingerprint density at radius 2 is 2.00 bits per heavy atom. The summed E-state index contributed by atoms with van der Waals surface area (Å²) in [4.78, 5) is 17.0. The SMILES string of the molecule is CCN(CC)C(=S)SCc1cc2ccccc2c(=O)[nH]1. The molecule has 0 saturated heterocycles. The average molecular weight is 306 g/mol. The molecule has 1 aromatic carbocycles. The third kappa shape index (κ3) is 3.41. The Bertz CT molecular complexity index is 662. The molecule has 0 unspecified atom stereocenters. The lowest BCUT2D eigenvalue weighted by Crippen LogP contribution is -2.26. The van der Waals surface area contributed by atoms with Crippen LogP contribution in [0, 0.1) is 0 Å². The van der Waals surface area contributed by atoms with E-state index < -0.39 is 0 Å². The molecule has 5 heteroatoms. The van der Waals surface area contributed by atoms with Gasteiger partial charge in [0.25, 0.3) is 5.56 Å². The van der Waals surface area contributed by atoms with E-state index in [1.807, 2.05) is 30.3 Å². The van der Waals surface area contributed by atoms with Crippen molar-refractivity contribution in [1.82, 2.24) is 9.88 Å². The Kier molecular flexibility index (Phi) is 5.20. The maximum absolute atomic E-state index is 12.0. The molecule has 0 aliphatic carbocycles. The fourth-order valence-corrected chi connectivity index (χ4v) is 3.37. The molecule has 3 nitrogen and oxygen atoms in total. The predicted molar refractivity (Wildman–Crippen MR) is 91.4 cm³/mol. The molecule has 106 valence electrons. The Morgan fingerprint density at radius 1 is 1.30 bits per heavy atom. The van der Waals surface area contributed by atoms with Crippen molar-refractivity contribution in [2.24, 2.45) is 0 Å². The zero-order valence-corrected chi connectivity index (χ0v) is 13.3. The summed E-state index contributed by atoms with van der Waals surface area (Å²) in [5.41, 5.74) is 0.876. The fourth-order valence-electron chi connectivity index (χ4n) is 2.06. The van der Waals surface area contributed by atoms with E-state index in [2.05, 4.69) is 23.7 Å². The number of H-pyrrole nitrogens is 1. The van der Waals surface area contributed by atoms with Gasteiger partial charge >= 0.3 is 0 Å². The molecule has 0 spiro atoms. The fraction of sp³-hybridized carbons (Fsp3) is 0.333. The standard InChI is InChI=1S/C15H18N2OS2/c1-3-17(4-2)15(19)20-10-12-9-11-7-5-6-8-13(11)14(18)16-12/h5-9H,3-4,10H2,1-2H3,(H,16,18). The number of thiocarbonyl (C=S) groups is 1. The lowest BCUT2D eigenvalue weighted by Gasteiger charge is -2.20. The summed E-state index contributed by atoms with van der Waals surface area (Å²) in [7, 11) is 0. The first-order valence-electron chi connectivity index (χ1n) is 6.68. The van der Waals surface area contributed by atoms with Crippen molar-refractivity contribution in [2.75, 3.05) is 13.1 Å². The Labute approximate surface area is 128 Å². The third-order valence-corrected chi connectivity index (χ3v) is 4.75. The van der Waals surface area contributed by atoms with Crippen LogP contribution in [0.2, 0.25) is 0 Å². The first-order valence-corrected chi connectivity index (χ1v) is 8.07. The highest BCUT2D eigenvalue weighted by atomic mass is 32.2. The number of hydrogen-bond acceptors (Lipinski definition) is 3. The largest absolute Gasteiger partial charge is 0.358 e. The second-order valence-electron chi connectivity index (χ2n) is 4.44. The molecule has 0 bridgehead atoms. The van der Waals surface area contributed by atoms with Crippen LogP contribution in [0.15, 0.2) is 35.1 Å². The molecule has 0 fully saturated rings. The third-order valence-electron chi connectivity index (χ3n) is 3.18.